The van der Waals surface area contributed by atoms with Gasteiger partial charge in [0.1, 0.15) is 24.7 Å². The third kappa shape index (κ3) is 3.96. The van der Waals surface area contributed by atoms with Gasteiger partial charge in [0.15, 0.2) is 0 Å². The van der Waals surface area contributed by atoms with Crippen molar-refractivity contribution in [2.75, 3.05) is 32.0 Å². The van der Waals surface area contributed by atoms with E-state index in [0.717, 1.165) is 12.3 Å². The van der Waals surface area contributed by atoms with Gasteiger partial charge >= 0.3 is 12.4 Å². The smallest absolute Gasteiger partial charge is 0.383 e. The molecule has 12 heteroatoms. The molecule has 30 heavy (non-hydrogen) atoms. The van der Waals surface area contributed by atoms with Crippen LogP contribution in [0.3, 0.4) is 0 Å². The lowest BCUT2D eigenvalue weighted by Crippen LogP contribution is -2.27. The summed E-state index contributed by atoms with van der Waals surface area (Å²) in [4.78, 5) is 9.42. The van der Waals surface area contributed by atoms with Crippen molar-refractivity contribution in [3.8, 4) is 11.3 Å². The first-order valence-corrected chi connectivity index (χ1v) is 9.24. The third-order valence-corrected chi connectivity index (χ3v) is 5.63. The highest BCUT2D eigenvalue weighted by atomic mass is 19.4. The van der Waals surface area contributed by atoms with Crippen LogP contribution >= 0.6 is 0 Å². The van der Waals surface area contributed by atoms with Crippen LogP contribution in [0.4, 0.5) is 36.6 Å². The number of aromatic nitrogens is 3. The largest absolute Gasteiger partial charge is 0.419 e. The lowest BCUT2D eigenvalue weighted by Gasteiger charge is -2.19. The standard InChI is InChI=1S/C18H18F7N5/c19-1-2-29-6-10-11(7-29)15(10)30-8-13(28-14(30)4-17(20,21)22)9-3-12(18(23,24)25)16(26)27-5-9/h3,5,8,10-11,15H,1-2,4,6-7H2,(H2,26,27)/t10-,11+,15-. The molecular weight excluding hydrogens is 419 g/mol. The van der Waals surface area contributed by atoms with E-state index >= 15 is 0 Å². The van der Waals surface area contributed by atoms with Gasteiger partial charge in [0.05, 0.1) is 11.3 Å². The van der Waals surface area contributed by atoms with Crippen molar-refractivity contribution >= 4 is 5.82 Å². The van der Waals surface area contributed by atoms with Crippen molar-refractivity contribution in [2.24, 2.45) is 11.8 Å². The average molecular weight is 437 g/mol. The SMILES string of the molecule is Nc1ncc(-c2cn([C@@H]3[C@@H]4CN(CCF)C[C@@H]43)c(CC(F)(F)F)n2)cc1C(F)(F)F. The molecule has 1 aliphatic heterocycles. The topological polar surface area (TPSA) is 60.0 Å². The monoisotopic (exact) mass is 437 g/mol. The van der Waals surface area contributed by atoms with Crippen LogP contribution in [0.1, 0.15) is 17.4 Å². The Labute approximate surface area is 166 Å². The Kier molecular flexibility index (Phi) is 4.94. The minimum Gasteiger partial charge on any atom is -0.383 e. The summed E-state index contributed by atoms with van der Waals surface area (Å²) in [5.41, 5.74) is 4.03. The summed E-state index contributed by atoms with van der Waals surface area (Å²) in [5.74, 6) is -0.841. The predicted octanol–water partition coefficient (Wildman–Crippen LogP) is 3.72. The van der Waals surface area contributed by atoms with Gasteiger partial charge < -0.3 is 15.2 Å². The van der Waals surface area contributed by atoms with E-state index in [0.29, 0.717) is 13.1 Å². The summed E-state index contributed by atoms with van der Waals surface area (Å²) in [7, 11) is 0. The van der Waals surface area contributed by atoms with Crippen LogP contribution in [-0.2, 0) is 12.6 Å². The number of pyridine rings is 1. The molecule has 0 amide bonds. The number of hydrogen-bond donors (Lipinski definition) is 1. The van der Waals surface area contributed by atoms with Crippen LogP contribution in [0.15, 0.2) is 18.5 Å². The minimum atomic E-state index is -4.75. The number of piperidine rings is 1. The predicted molar refractivity (Wildman–Crippen MR) is 93.1 cm³/mol. The number of nitrogen functional groups attached to an aromatic ring is 1. The maximum atomic E-state index is 13.1. The van der Waals surface area contributed by atoms with Crippen LogP contribution in [0.5, 0.6) is 0 Å². The first-order valence-electron chi connectivity index (χ1n) is 9.24. The number of anilines is 1. The van der Waals surface area contributed by atoms with Gasteiger partial charge in [-0.1, -0.05) is 0 Å². The number of halogens is 7. The molecule has 2 fully saturated rings. The number of fused-ring (bicyclic) bond motifs is 1. The quantitative estimate of drug-likeness (QED) is 0.725. The van der Waals surface area contributed by atoms with E-state index in [2.05, 4.69) is 9.97 Å². The molecule has 0 spiro atoms. The molecule has 3 atom stereocenters. The van der Waals surface area contributed by atoms with Crippen LogP contribution in [0.2, 0.25) is 0 Å². The lowest BCUT2D eigenvalue weighted by molar-refractivity contribution is -0.137. The van der Waals surface area contributed by atoms with E-state index in [1.54, 1.807) is 0 Å². The summed E-state index contributed by atoms with van der Waals surface area (Å²) in [6.07, 6.45) is -8.17. The van der Waals surface area contributed by atoms with Crippen LogP contribution in [-0.4, -0.2) is 51.9 Å². The zero-order valence-electron chi connectivity index (χ0n) is 15.5. The molecule has 5 nitrogen and oxygen atoms in total. The Hall–Kier alpha value is -2.37. The highest BCUT2D eigenvalue weighted by molar-refractivity contribution is 5.62. The van der Waals surface area contributed by atoms with E-state index in [1.165, 1.54) is 10.8 Å². The number of rotatable bonds is 5. The molecule has 2 N–H and O–H groups in total. The molecule has 0 radical (unpaired) electrons. The summed E-state index contributed by atoms with van der Waals surface area (Å²) in [6, 6.07) is 0.506. The maximum Gasteiger partial charge on any atom is 0.419 e. The van der Waals surface area contributed by atoms with Gasteiger partial charge in [0, 0.05) is 43.6 Å². The highest BCUT2D eigenvalue weighted by Gasteiger charge is 2.57. The summed E-state index contributed by atoms with van der Waals surface area (Å²) < 4.78 is 92.5. The zero-order valence-corrected chi connectivity index (χ0v) is 15.5. The number of hydrogen-bond acceptors (Lipinski definition) is 4. The number of imidazole rings is 1. The normalized spacial score (nSPS) is 24.3. The fourth-order valence-corrected chi connectivity index (χ4v) is 4.28. The fraction of sp³-hybridized carbons (Fsp3) is 0.556. The first-order chi connectivity index (χ1) is 14.0. The van der Waals surface area contributed by atoms with E-state index in [4.69, 9.17) is 5.73 Å². The van der Waals surface area contributed by atoms with Crippen molar-refractivity contribution in [3.05, 3.63) is 29.8 Å². The highest BCUT2D eigenvalue weighted by Crippen LogP contribution is 2.56. The molecule has 3 heterocycles. The van der Waals surface area contributed by atoms with E-state index in [9.17, 15) is 30.7 Å². The Balaban J connectivity index is 1.66. The zero-order chi connectivity index (χ0) is 21.8. The summed E-state index contributed by atoms with van der Waals surface area (Å²) in [6.45, 7) is 0.922. The third-order valence-electron chi connectivity index (χ3n) is 5.63. The molecule has 1 saturated heterocycles. The molecule has 0 aromatic carbocycles. The average Bonchev–Trinajstić information content (AvgIpc) is 2.96. The summed E-state index contributed by atoms with van der Waals surface area (Å²) in [5, 5.41) is 0. The van der Waals surface area contributed by atoms with Crippen molar-refractivity contribution < 1.29 is 30.7 Å². The minimum absolute atomic E-state index is 0.0298. The van der Waals surface area contributed by atoms with Crippen molar-refractivity contribution in [3.63, 3.8) is 0 Å². The maximum absolute atomic E-state index is 13.1. The van der Waals surface area contributed by atoms with E-state index in [-0.39, 0.29) is 41.5 Å². The molecule has 164 valence electrons. The molecule has 2 aromatic rings. The van der Waals surface area contributed by atoms with Gasteiger partial charge in [0.2, 0.25) is 0 Å². The van der Waals surface area contributed by atoms with Crippen molar-refractivity contribution in [1.82, 2.24) is 19.4 Å². The molecule has 4 rings (SSSR count). The Morgan fingerprint density at radius 3 is 2.33 bits per heavy atom. The lowest BCUT2D eigenvalue weighted by atomic mass is 10.1. The van der Waals surface area contributed by atoms with Crippen LogP contribution in [0.25, 0.3) is 11.3 Å². The Bertz CT molecular complexity index is 924. The summed E-state index contributed by atoms with van der Waals surface area (Å²) >= 11 is 0. The van der Waals surface area contributed by atoms with Gasteiger partial charge in [-0.15, -0.1) is 0 Å². The van der Waals surface area contributed by atoms with Gasteiger partial charge in [-0.2, -0.15) is 26.3 Å². The molecule has 1 saturated carbocycles. The number of nitrogens with zero attached hydrogens (tertiary/aromatic N) is 4. The Morgan fingerprint density at radius 1 is 1.10 bits per heavy atom. The molecule has 0 unspecified atom stereocenters. The van der Waals surface area contributed by atoms with Gasteiger partial charge in [-0.05, 0) is 17.9 Å². The molecule has 2 aliphatic rings. The van der Waals surface area contributed by atoms with Crippen molar-refractivity contribution in [1.29, 1.82) is 0 Å². The second-order valence-corrected chi connectivity index (χ2v) is 7.66. The molecular formula is C18H18F7N5. The van der Waals surface area contributed by atoms with Crippen LogP contribution in [0, 0.1) is 11.8 Å². The molecule has 2 aromatic heterocycles. The fourth-order valence-electron chi connectivity index (χ4n) is 4.28. The van der Waals surface area contributed by atoms with Crippen molar-refractivity contribution in [2.45, 2.75) is 24.8 Å². The number of likely N-dealkylation sites (tertiary alicyclic amines) is 1. The molecule has 1 aliphatic carbocycles. The van der Waals surface area contributed by atoms with E-state index < -0.39 is 36.8 Å². The van der Waals surface area contributed by atoms with Gasteiger partial charge in [0.25, 0.3) is 0 Å². The second kappa shape index (κ2) is 7.10. The number of alkyl halides is 7. The van der Waals surface area contributed by atoms with E-state index in [1.807, 2.05) is 4.90 Å². The van der Waals surface area contributed by atoms with Crippen LogP contribution < -0.4 is 5.73 Å². The molecule has 0 bridgehead atoms. The second-order valence-electron chi connectivity index (χ2n) is 7.66. The van der Waals surface area contributed by atoms with Gasteiger partial charge in [-0.25, -0.2) is 14.4 Å². The van der Waals surface area contributed by atoms with Gasteiger partial charge in [-0.3, -0.25) is 0 Å². The Morgan fingerprint density at radius 2 is 1.77 bits per heavy atom. The number of nitrogens with two attached hydrogens (primary N) is 1. The first kappa shape index (κ1) is 20.9.